The van der Waals surface area contributed by atoms with Crippen molar-refractivity contribution in [3.63, 3.8) is 0 Å². The molecule has 236 valence electrons. The largest absolute Gasteiger partial charge is 0.501 e. The molecule has 0 spiro atoms. The van der Waals surface area contributed by atoms with Crippen molar-refractivity contribution < 1.29 is 37.1 Å². The predicted octanol–water partition coefficient (Wildman–Crippen LogP) is -0.0915. The number of hydrogen-bond acceptors (Lipinski definition) is 9. The number of sulfonamides is 1. The van der Waals surface area contributed by atoms with Crippen LogP contribution in [0.15, 0.2) is 23.0 Å². The lowest BCUT2D eigenvalue weighted by atomic mass is 9.68. The Balaban J connectivity index is 1.54. The van der Waals surface area contributed by atoms with Gasteiger partial charge in [0.15, 0.2) is 5.69 Å². The molecule has 0 radical (unpaired) electrons. The molecule has 0 saturated heterocycles. The first-order valence-corrected chi connectivity index (χ1v) is 15.6. The van der Waals surface area contributed by atoms with Gasteiger partial charge < -0.3 is 20.6 Å². The molecule has 16 heteroatoms. The summed E-state index contributed by atoms with van der Waals surface area (Å²) in [5.41, 5.74) is -3.76. The summed E-state index contributed by atoms with van der Waals surface area (Å²) in [5.74, 6) is -5.26. The molecule has 2 fully saturated rings. The minimum atomic E-state index is -3.93. The monoisotopic (exact) mass is 632 g/mol. The van der Waals surface area contributed by atoms with E-state index in [-0.39, 0.29) is 44.6 Å². The molecule has 2 bridgehead atoms. The SMILES string of the molecule is Cc1cc(CNC(=O)c2nc3n(c(=O)c2O)CC2(C(=O)NS(=O)(=O)C4CC4)CCC3(NC(=O)C(=O)N(C)C)CC2)ccc1F. The number of benzene rings is 1. The Hall–Kier alpha value is -4.34. The summed E-state index contributed by atoms with van der Waals surface area (Å²) in [6, 6.07) is 4.22. The topological polar surface area (TPSA) is 197 Å². The van der Waals surface area contributed by atoms with E-state index in [0.717, 1.165) is 9.47 Å². The second kappa shape index (κ2) is 11.0. The quantitative estimate of drug-likeness (QED) is 0.302. The highest BCUT2D eigenvalue weighted by atomic mass is 32.2. The van der Waals surface area contributed by atoms with Gasteiger partial charge >= 0.3 is 11.8 Å². The predicted molar refractivity (Wildman–Crippen MR) is 152 cm³/mol. The van der Waals surface area contributed by atoms with Gasteiger partial charge in [0.25, 0.3) is 11.5 Å². The lowest BCUT2D eigenvalue weighted by Crippen LogP contribution is -2.55. The molecule has 4 aliphatic rings. The Bertz CT molecular complexity index is 1740. The fourth-order valence-electron chi connectivity index (χ4n) is 5.79. The summed E-state index contributed by atoms with van der Waals surface area (Å²) < 4.78 is 42.0. The number of aromatic nitrogens is 2. The van der Waals surface area contributed by atoms with Gasteiger partial charge in [-0.3, -0.25) is 33.3 Å². The molecule has 14 nitrogen and oxygen atoms in total. The zero-order chi connectivity index (χ0) is 32.2. The van der Waals surface area contributed by atoms with Crippen molar-refractivity contribution in [2.75, 3.05) is 14.1 Å². The van der Waals surface area contributed by atoms with Crippen LogP contribution in [0.25, 0.3) is 0 Å². The number of hydrogen-bond donors (Lipinski definition) is 4. The molecule has 0 unspecified atom stereocenters. The van der Waals surface area contributed by atoms with Crippen LogP contribution in [0, 0.1) is 18.2 Å². The standard InChI is InChI=1S/C28H33FN6O8S/c1-15-12-16(4-7-18(15)29)13-30-21(37)19-20(36)23(39)35-14-27(26(41)33-44(42,43)17-5-6-17)8-10-28(11-9-27,25(35)31-19)32-22(38)24(40)34(2)3/h4,7,12,17,36H,5-6,8-11,13-14H2,1-3H3,(H,30,37)(H,32,38)(H,33,41). The normalized spacial score (nSPS) is 22.4. The van der Waals surface area contributed by atoms with Gasteiger partial charge in [-0.05, 0) is 62.6 Å². The molecule has 4 amide bonds. The van der Waals surface area contributed by atoms with Crippen molar-refractivity contribution in [3.8, 4) is 5.75 Å². The maximum atomic E-state index is 13.7. The summed E-state index contributed by atoms with van der Waals surface area (Å²) in [6.45, 7) is 1.08. The number of rotatable bonds is 7. The molecule has 2 aliphatic heterocycles. The van der Waals surface area contributed by atoms with Gasteiger partial charge in [0.2, 0.25) is 21.7 Å². The van der Waals surface area contributed by atoms with Gasteiger partial charge in [0.05, 0.1) is 16.2 Å². The second-order valence-electron chi connectivity index (χ2n) is 12.0. The average Bonchev–Trinajstić information content (AvgIpc) is 3.84. The summed E-state index contributed by atoms with van der Waals surface area (Å²) >= 11 is 0. The average molecular weight is 633 g/mol. The molecular weight excluding hydrogens is 599 g/mol. The van der Waals surface area contributed by atoms with E-state index in [2.05, 4.69) is 20.3 Å². The van der Waals surface area contributed by atoms with Crippen LogP contribution in [0.4, 0.5) is 4.39 Å². The number of aromatic hydroxyl groups is 1. The number of likely N-dealkylation sites (N-methyl/N-ethyl adjacent to an activating group) is 1. The molecular formula is C28H33FN6O8S. The lowest BCUT2D eigenvalue weighted by Gasteiger charge is -2.41. The van der Waals surface area contributed by atoms with Gasteiger partial charge in [0.1, 0.15) is 11.6 Å². The van der Waals surface area contributed by atoms with Gasteiger partial charge in [-0.2, -0.15) is 0 Å². The number of carbonyl (C=O) groups excluding carboxylic acids is 4. The smallest absolute Gasteiger partial charge is 0.311 e. The molecule has 1 aromatic carbocycles. The first kappa shape index (κ1) is 31.1. The third kappa shape index (κ3) is 5.53. The maximum Gasteiger partial charge on any atom is 0.311 e. The van der Waals surface area contributed by atoms with Crippen molar-refractivity contribution >= 4 is 33.7 Å². The number of carbonyl (C=O) groups is 4. The van der Waals surface area contributed by atoms with Crippen molar-refractivity contribution in [2.24, 2.45) is 5.41 Å². The van der Waals surface area contributed by atoms with E-state index in [1.54, 1.807) is 6.92 Å². The first-order chi connectivity index (χ1) is 20.6. The lowest BCUT2D eigenvalue weighted by molar-refractivity contribution is -0.146. The van der Waals surface area contributed by atoms with E-state index >= 15 is 0 Å². The highest BCUT2D eigenvalue weighted by Gasteiger charge is 2.56. The van der Waals surface area contributed by atoms with Crippen molar-refractivity contribution in [1.82, 2.24) is 29.8 Å². The number of nitrogens with one attached hydrogen (secondary N) is 3. The van der Waals surface area contributed by atoms with E-state index in [1.165, 1.54) is 32.3 Å². The van der Waals surface area contributed by atoms with E-state index < -0.39 is 72.7 Å². The highest BCUT2D eigenvalue weighted by molar-refractivity contribution is 7.90. The molecule has 0 atom stereocenters. The molecule has 6 rings (SSSR count). The highest BCUT2D eigenvalue weighted by Crippen LogP contribution is 2.50. The third-order valence-electron chi connectivity index (χ3n) is 8.62. The second-order valence-corrected chi connectivity index (χ2v) is 13.9. The molecule has 2 aromatic rings. The van der Waals surface area contributed by atoms with Crippen LogP contribution in [0.1, 0.15) is 66.0 Å². The summed E-state index contributed by atoms with van der Waals surface area (Å²) in [4.78, 5) is 71.2. The fraction of sp³-hybridized carbons (Fsp3) is 0.500. The molecule has 2 saturated carbocycles. The van der Waals surface area contributed by atoms with Gasteiger partial charge in [-0.15, -0.1) is 0 Å². The van der Waals surface area contributed by atoms with Gasteiger partial charge in [-0.25, -0.2) is 17.8 Å². The number of halogens is 1. The van der Waals surface area contributed by atoms with Gasteiger partial charge in [-0.1, -0.05) is 12.1 Å². The molecule has 1 aromatic heterocycles. The Morgan fingerprint density at radius 3 is 2.39 bits per heavy atom. The van der Waals surface area contributed by atoms with Crippen LogP contribution in [-0.2, 0) is 43.0 Å². The molecule has 3 heterocycles. The van der Waals surface area contributed by atoms with Crippen LogP contribution in [-0.4, -0.2) is 70.9 Å². The van der Waals surface area contributed by atoms with Crippen molar-refractivity contribution in [2.45, 2.75) is 69.3 Å². The van der Waals surface area contributed by atoms with Crippen molar-refractivity contribution in [3.05, 3.63) is 57.0 Å². The van der Waals surface area contributed by atoms with Crippen LogP contribution in [0.2, 0.25) is 0 Å². The molecule has 44 heavy (non-hydrogen) atoms. The van der Waals surface area contributed by atoms with E-state index in [9.17, 15) is 41.9 Å². The van der Waals surface area contributed by atoms with E-state index in [4.69, 9.17) is 0 Å². The van der Waals surface area contributed by atoms with Gasteiger partial charge in [0, 0.05) is 27.2 Å². The Kier molecular flexibility index (Phi) is 7.76. The maximum absolute atomic E-state index is 13.7. The van der Waals surface area contributed by atoms with Crippen LogP contribution < -0.4 is 20.9 Å². The Morgan fingerprint density at radius 1 is 1.14 bits per heavy atom. The van der Waals surface area contributed by atoms with E-state index in [1.807, 2.05) is 0 Å². The fourth-order valence-corrected chi connectivity index (χ4v) is 7.19. The first-order valence-electron chi connectivity index (χ1n) is 14.1. The number of nitrogens with zero attached hydrogens (tertiary/aromatic N) is 3. The zero-order valence-corrected chi connectivity index (χ0v) is 25.2. The summed E-state index contributed by atoms with van der Waals surface area (Å²) in [6.07, 6.45) is 0.814. The van der Waals surface area contributed by atoms with Crippen LogP contribution in [0.3, 0.4) is 0 Å². The zero-order valence-electron chi connectivity index (χ0n) is 24.4. The van der Waals surface area contributed by atoms with Crippen LogP contribution >= 0.6 is 0 Å². The minimum absolute atomic E-state index is 0.00443. The number of amides is 4. The summed E-state index contributed by atoms with van der Waals surface area (Å²) in [5, 5.41) is 15.4. The third-order valence-corrected chi connectivity index (χ3v) is 10.4. The number of fused-ring (bicyclic) bond motifs is 2. The molecule has 4 N–H and O–H groups in total. The minimum Gasteiger partial charge on any atom is -0.501 e. The summed E-state index contributed by atoms with van der Waals surface area (Å²) in [7, 11) is -1.17. The Labute approximate surface area is 252 Å². The van der Waals surface area contributed by atoms with Crippen LogP contribution in [0.5, 0.6) is 5.75 Å². The van der Waals surface area contributed by atoms with E-state index in [0.29, 0.717) is 24.0 Å². The number of aryl methyl sites for hydroxylation is 1. The molecule has 2 aliphatic carbocycles. The van der Waals surface area contributed by atoms with Crippen molar-refractivity contribution in [1.29, 1.82) is 0 Å². The Morgan fingerprint density at radius 2 is 1.80 bits per heavy atom.